The van der Waals surface area contributed by atoms with E-state index in [0.29, 0.717) is 24.1 Å². The maximum atomic E-state index is 11.7. The third kappa shape index (κ3) is 6.68. The summed E-state index contributed by atoms with van der Waals surface area (Å²) in [7, 11) is 0. The van der Waals surface area contributed by atoms with E-state index in [4.69, 9.17) is 15.1 Å². The molecule has 0 aliphatic carbocycles. The number of nitrogens with zero attached hydrogens (tertiary/aromatic N) is 2. The number of carbonyl (C=O) groups is 1. The number of benzene rings is 1. The number of hydrogen-bond donors (Lipinski definition) is 1. The van der Waals surface area contributed by atoms with Crippen molar-refractivity contribution in [1.29, 1.82) is 5.26 Å². The minimum absolute atomic E-state index is 0.0854. The Morgan fingerprint density at radius 1 is 1.33 bits per heavy atom. The van der Waals surface area contributed by atoms with E-state index in [-0.39, 0.29) is 6.61 Å². The zero-order chi connectivity index (χ0) is 15.9. The van der Waals surface area contributed by atoms with Crippen LogP contribution in [0.25, 0.3) is 0 Å². The monoisotopic (exact) mass is 288 g/mol. The van der Waals surface area contributed by atoms with Crippen LogP contribution in [0.5, 0.6) is 0 Å². The quantitative estimate of drug-likeness (QED) is 0.863. The second-order valence-corrected chi connectivity index (χ2v) is 5.62. The number of aliphatic hydroxyl groups is 1. The molecule has 0 atom stereocenters. The molecule has 0 fully saturated rings. The Morgan fingerprint density at radius 3 is 2.43 bits per heavy atom. The topological polar surface area (TPSA) is 82.7 Å². The van der Waals surface area contributed by atoms with Crippen molar-refractivity contribution in [3.05, 3.63) is 35.4 Å². The van der Waals surface area contributed by atoms with E-state index in [1.54, 1.807) is 45.0 Å². The Kier molecular flexibility index (Phi) is 6.07. The molecule has 5 heteroatoms. The Morgan fingerprint density at radius 2 is 1.95 bits per heavy atom. The summed E-state index contributed by atoms with van der Waals surface area (Å²) in [6.45, 7) is 5.23. The van der Waals surface area contributed by atoms with Crippen molar-refractivity contribution in [1.82, 2.24) is 0 Å². The highest BCUT2D eigenvalue weighted by Crippen LogP contribution is 2.10. The molecule has 0 saturated heterocycles. The lowest BCUT2D eigenvalue weighted by Gasteiger charge is -2.17. The molecule has 5 nitrogen and oxygen atoms in total. The van der Waals surface area contributed by atoms with Gasteiger partial charge in [0.05, 0.1) is 11.6 Å². The van der Waals surface area contributed by atoms with Crippen molar-refractivity contribution in [2.75, 3.05) is 6.61 Å². The number of hydrogen-bond acceptors (Lipinski definition) is 4. The number of nitriles is 1. The van der Waals surface area contributed by atoms with Crippen LogP contribution in [-0.4, -0.2) is 29.1 Å². The lowest BCUT2D eigenvalue weighted by molar-refractivity contribution is 0.0603. The highest BCUT2D eigenvalue weighted by molar-refractivity contribution is 5.94. The van der Waals surface area contributed by atoms with Gasteiger partial charge in [-0.05, 0) is 38.5 Å². The number of carbonyl (C=O) groups excluding carboxylic acids is 1. The Balaban J connectivity index is 2.81. The van der Waals surface area contributed by atoms with E-state index in [9.17, 15) is 4.79 Å². The molecule has 0 bridgehead atoms. The van der Waals surface area contributed by atoms with Crippen LogP contribution < -0.4 is 0 Å². The van der Waals surface area contributed by atoms with E-state index in [1.165, 1.54) is 0 Å². The fraction of sp³-hybridized carbons (Fsp3) is 0.438. The molecule has 21 heavy (non-hydrogen) atoms. The first-order valence-corrected chi connectivity index (χ1v) is 6.73. The molecule has 1 aromatic carbocycles. The smallest absolute Gasteiger partial charge is 0.434 e. The van der Waals surface area contributed by atoms with Gasteiger partial charge in [-0.2, -0.15) is 10.3 Å². The molecule has 0 saturated carbocycles. The predicted octanol–water partition coefficient (Wildman–Crippen LogP) is 2.86. The molecular formula is C16H20N2O3. The lowest BCUT2D eigenvalue weighted by atomic mass is 10.0. The largest absolute Gasteiger partial charge is 0.442 e. The SMILES string of the molecule is CC(C)(C)OC(=O)/N=C(\CCO)Cc1ccc(C#N)cc1. The summed E-state index contributed by atoms with van der Waals surface area (Å²) >= 11 is 0. The summed E-state index contributed by atoms with van der Waals surface area (Å²) in [6, 6.07) is 9.07. The highest BCUT2D eigenvalue weighted by Gasteiger charge is 2.16. The van der Waals surface area contributed by atoms with Gasteiger partial charge in [0.2, 0.25) is 0 Å². The Hall–Kier alpha value is -2.19. The molecule has 0 unspecified atom stereocenters. The molecule has 0 heterocycles. The van der Waals surface area contributed by atoms with E-state index >= 15 is 0 Å². The van der Waals surface area contributed by atoms with Crippen LogP contribution >= 0.6 is 0 Å². The number of amides is 1. The summed E-state index contributed by atoms with van der Waals surface area (Å²) in [5.74, 6) is 0. The molecule has 0 aliphatic rings. The predicted molar refractivity (Wildman–Crippen MR) is 80.2 cm³/mol. The van der Waals surface area contributed by atoms with Crippen molar-refractivity contribution in [3.8, 4) is 6.07 Å². The first kappa shape index (κ1) is 16.9. The van der Waals surface area contributed by atoms with Crippen LogP contribution in [0, 0.1) is 11.3 Å². The Labute approximate surface area is 124 Å². The van der Waals surface area contributed by atoms with Gasteiger partial charge in [0.1, 0.15) is 5.60 Å². The van der Waals surface area contributed by atoms with Crippen LogP contribution in [0.1, 0.15) is 38.3 Å². The average molecular weight is 288 g/mol. The van der Waals surface area contributed by atoms with E-state index < -0.39 is 11.7 Å². The van der Waals surface area contributed by atoms with Crippen molar-refractivity contribution in [3.63, 3.8) is 0 Å². The summed E-state index contributed by atoms with van der Waals surface area (Å²) in [5.41, 5.74) is 1.45. The first-order valence-electron chi connectivity index (χ1n) is 6.73. The van der Waals surface area contributed by atoms with Crippen molar-refractivity contribution >= 4 is 11.8 Å². The zero-order valence-electron chi connectivity index (χ0n) is 12.6. The zero-order valence-corrected chi connectivity index (χ0v) is 12.6. The van der Waals surface area contributed by atoms with Gasteiger partial charge in [-0.1, -0.05) is 12.1 Å². The third-order valence-corrected chi connectivity index (χ3v) is 2.53. The van der Waals surface area contributed by atoms with Gasteiger partial charge in [0, 0.05) is 25.2 Å². The lowest BCUT2D eigenvalue weighted by Crippen LogP contribution is -2.23. The molecule has 1 aromatic rings. The van der Waals surface area contributed by atoms with E-state index in [0.717, 1.165) is 5.56 Å². The van der Waals surface area contributed by atoms with Gasteiger partial charge in [-0.25, -0.2) is 4.79 Å². The maximum absolute atomic E-state index is 11.7. The number of aliphatic hydroxyl groups excluding tert-OH is 1. The van der Waals surface area contributed by atoms with Crippen LogP contribution in [0.15, 0.2) is 29.3 Å². The number of rotatable bonds is 4. The van der Waals surface area contributed by atoms with Gasteiger partial charge in [0.25, 0.3) is 0 Å². The molecule has 0 aliphatic heterocycles. The summed E-state index contributed by atoms with van der Waals surface area (Å²) in [6.07, 6.45) is 0.0877. The molecule has 1 rings (SSSR count). The van der Waals surface area contributed by atoms with Gasteiger partial charge < -0.3 is 9.84 Å². The summed E-state index contributed by atoms with van der Waals surface area (Å²) in [4.78, 5) is 15.6. The summed E-state index contributed by atoms with van der Waals surface area (Å²) in [5, 5.41) is 17.8. The van der Waals surface area contributed by atoms with Gasteiger partial charge in [-0.3, -0.25) is 0 Å². The number of aliphatic imine (C=N–C) groups is 1. The second kappa shape index (κ2) is 7.55. The molecule has 0 radical (unpaired) electrons. The van der Waals surface area contributed by atoms with Crippen molar-refractivity contribution in [2.45, 2.75) is 39.2 Å². The Bertz CT molecular complexity index is 548. The van der Waals surface area contributed by atoms with Crippen LogP contribution in [0.3, 0.4) is 0 Å². The summed E-state index contributed by atoms with van der Waals surface area (Å²) < 4.78 is 5.14. The van der Waals surface area contributed by atoms with E-state index in [1.807, 2.05) is 6.07 Å². The molecular weight excluding hydrogens is 268 g/mol. The third-order valence-electron chi connectivity index (χ3n) is 2.53. The molecule has 1 amide bonds. The van der Waals surface area contributed by atoms with Crippen LogP contribution in [-0.2, 0) is 11.2 Å². The van der Waals surface area contributed by atoms with Crippen LogP contribution in [0.2, 0.25) is 0 Å². The van der Waals surface area contributed by atoms with Gasteiger partial charge in [0.15, 0.2) is 0 Å². The standard InChI is InChI=1S/C16H20N2O3/c1-16(2,3)21-15(20)18-14(8-9-19)10-12-4-6-13(11-17)7-5-12/h4-7,19H,8-10H2,1-3H3/b18-14+. The average Bonchev–Trinajstić information content (AvgIpc) is 2.37. The minimum Gasteiger partial charge on any atom is -0.442 e. The van der Waals surface area contributed by atoms with Gasteiger partial charge >= 0.3 is 6.09 Å². The highest BCUT2D eigenvalue weighted by atomic mass is 16.6. The minimum atomic E-state index is -0.653. The van der Waals surface area contributed by atoms with Gasteiger partial charge in [-0.15, -0.1) is 0 Å². The van der Waals surface area contributed by atoms with Crippen molar-refractivity contribution in [2.24, 2.45) is 4.99 Å². The molecule has 112 valence electrons. The molecule has 1 N–H and O–H groups in total. The van der Waals surface area contributed by atoms with Crippen molar-refractivity contribution < 1.29 is 14.6 Å². The normalized spacial score (nSPS) is 11.9. The fourth-order valence-electron chi connectivity index (χ4n) is 1.66. The van der Waals surface area contributed by atoms with E-state index in [2.05, 4.69) is 4.99 Å². The second-order valence-electron chi connectivity index (χ2n) is 5.62. The molecule has 0 spiro atoms. The first-order chi connectivity index (χ1) is 9.84. The fourth-order valence-corrected chi connectivity index (χ4v) is 1.66. The van der Waals surface area contributed by atoms with Crippen LogP contribution in [0.4, 0.5) is 4.79 Å². The number of ether oxygens (including phenoxy) is 1. The molecule has 0 aromatic heterocycles. The maximum Gasteiger partial charge on any atom is 0.434 e.